The van der Waals surface area contributed by atoms with Gasteiger partial charge in [-0.05, 0) is 24.6 Å². The number of halogens is 1. The predicted octanol–water partition coefficient (Wildman–Crippen LogP) is 4.30. The Morgan fingerprint density at radius 1 is 1.14 bits per heavy atom. The van der Waals surface area contributed by atoms with Crippen molar-refractivity contribution >= 4 is 33.7 Å². The average Bonchev–Trinajstić information content (AvgIpc) is 2.86. The van der Waals surface area contributed by atoms with Crippen molar-refractivity contribution in [3.05, 3.63) is 63.6 Å². The highest BCUT2D eigenvalue weighted by atomic mass is 35.5. The number of H-pyrrole nitrogens is 1. The molecular weight excluding hydrogens is 300 g/mol. The first kappa shape index (κ1) is 13.1. The van der Waals surface area contributed by atoms with E-state index in [1.807, 2.05) is 43.3 Å². The summed E-state index contributed by atoms with van der Waals surface area (Å²) in [4.78, 5) is 18.2. The Kier molecular flexibility index (Phi) is 2.81. The fraction of sp³-hybridized carbons (Fsp3) is 0.0588. The fourth-order valence-electron chi connectivity index (χ4n) is 2.54. The lowest BCUT2D eigenvalue weighted by Crippen LogP contribution is -1.93. The molecule has 0 saturated carbocycles. The van der Waals surface area contributed by atoms with Gasteiger partial charge in [0.15, 0.2) is 11.2 Å². The van der Waals surface area contributed by atoms with Crippen LogP contribution in [0.15, 0.2) is 51.7 Å². The van der Waals surface area contributed by atoms with Crippen LogP contribution >= 0.6 is 11.6 Å². The molecule has 5 heteroatoms. The number of hydrogen-bond donors (Lipinski definition) is 1. The zero-order valence-electron chi connectivity index (χ0n) is 11.7. The van der Waals surface area contributed by atoms with Crippen LogP contribution in [0.4, 0.5) is 0 Å². The summed E-state index contributed by atoms with van der Waals surface area (Å²) in [5, 5.41) is 1.36. The molecule has 2 heterocycles. The van der Waals surface area contributed by atoms with Crippen LogP contribution in [-0.2, 0) is 0 Å². The van der Waals surface area contributed by atoms with Crippen LogP contribution in [0, 0.1) is 6.92 Å². The van der Waals surface area contributed by atoms with Gasteiger partial charge in [0.25, 0.3) is 0 Å². The molecule has 0 aliphatic rings. The molecule has 0 unspecified atom stereocenters. The molecule has 108 valence electrons. The van der Waals surface area contributed by atoms with Crippen molar-refractivity contribution in [2.24, 2.45) is 0 Å². The topological polar surface area (TPSA) is 58.9 Å². The first-order chi connectivity index (χ1) is 10.6. The van der Waals surface area contributed by atoms with Gasteiger partial charge in [-0.3, -0.25) is 4.98 Å². The van der Waals surface area contributed by atoms with Crippen molar-refractivity contribution in [1.82, 2.24) is 9.97 Å². The average molecular weight is 311 g/mol. The maximum atomic E-state index is 11.3. The van der Waals surface area contributed by atoms with E-state index >= 15 is 0 Å². The molecule has 4 nitrogen and oxygen atoms in total. The standard InChI is InChI=1S/C17H11ClN2O2/c1-9-2-4-10(5-3-9)11-6-7-13-12(15(11)18)8-14-16(19-13)20-17(21)22-14/h2-8H,1H3,(H,19,20,21). The minimum absolute atomic E-state index is 0.403. The summed E-state index contributed by atoms with van der Waals surface area (Å²) < 4.78 is 5.06. The highest BCUT2D eigenvalue weighted by molar-refractivity contribution is 6.38. The van der Waals surface area contributed by atoms with Crippen molar-refractivity contribution in [1.29, 1.82) is 0 Å². The molecule has 4 aromatic rings. The second-order valence-electron chi connectivity index (χ2n) is 5.21. The Hall–Kier alpha value is -2.59. The lowest BCUT2D eigenvalue weighted by atomic mass is 10.0. The molecule has 0 bridgehead atoms. The number of aromatic amines is 1. The van der Waals surface area contributed by atoms with Gasteiger partial charge in [0.05, 0.1) is 10.5 Å². The van der Waals surface area contributed by atoms with E-state index in [0.29, 0.717) is 21.8 Å². The molecule has 4 rings (SSSR count). The number of rotatable bonds is 1. The van der Waals surface area contributed by atoms with Gasteiger partial charge in [0, 0.05) is 10.9 Å². The number of aryl methyl sites for hydroxylation is 1. The van der Waals surface area contributed by atoms with E-state index in [0.717, 1.165) is 16.5 Å². The number of nitrogens with zero attached hydrogens (tertiary/aromatic N) is 1. The molecule has 2 aromatic carbocycles. The molecule has 0 radical (unpaired) electrons. The maximum Gasteiger partial charge on any atom is 0.418 e. The molecule has 22 heavy (non-hydrogen) atoms. The quantitative estimate of drug-likeness (QED) is 0.570. The Labute approximate surface area is 130 Å². The van der Waals surface area contributed by atoms with Crippen molar-refractivity contribution in [2.45, 2.75) is 6.92 Å². The van der Waals surface area contributed by atoms with E-state index in [1.165, 1.54) is 5.56 Å². The van der Waals surface area contributed by atoms with Crippen LogP contribution in [0.5, 0.6) is 0 Å². The zero-order chi connectivity index (χ0) is 15.3. The summed E-state index contributed by atoms with van der Waals surface area (Å²) in [6, 6.07) is 13.7. The summed E-state index contributed by atoms with van der Waals surface area (Å²) in [6.07, 6.45) is 0. The number of hydrogen-bond acceptors (Lipinski definition) is 3. The molecule has 0 fully saturated rings. The summed E-state index contributed by atoms with van der Waals surface area (Å²) in [5.41, 5.74) is 4.70. The first-order valence-corrected chi connectivity index (χ1v) is 7.19. The second-order valence-corrected chi connectivity index (χ2v) is 5.59. The third-order valence-corrected chi connectivity index (χ3v) is 4.09. The third-order valence-electron chi connectivity index (χ3n) is 3.68. The van der Waals surface area contributed by atoms with Gasteiger partial charge < -0.3 is 4.42 Å². The Morgan fingerprint density at radius 2 is 1.91 bits per heavy atom. The number of oxazole rings is 1. The van der Waals surface area contributed by atoms with Crippen LogP contribution < -0.4 is 5.76 Å². The van der Waals surface area contributed by atoms with Crippen molar-refractivity contribution in [3.8, 4) is 11.1 Å². The van der Waals surface area contributed by atoms with Crippen LogP contribution in [0.25, 0.3) is 33.3 Å². The van der Waals surface area contributed by atoms with E-state index in [4.69, 9.17) is 16.0 Å². The predicted molar refractivity (Wildman–Crippen MR) is 87.3 cm³/mol. The SMILES string of the molecule is Cc1ccc(-c2ccc3nc4[nH]c(=O)oc4cc3c2Cl)cc1. The molecule has 0 saturated heterocycles. The smallest absolute Gasteiger partial charge is 0.406 e. The molecule has 1 N–H and O–H groups in total. The molecule has 0 amide bonds. The van der Waals surface area contributed by atoms with Gasteiger partial charge in [-0.1, -0.05) is 47.5 Å². The summed E-state index contributed by atoms with van der Waals surface area (Å²) in [5.74, 6) is -0.521. The van der Waals surface area contributed by atoms with Gasteiger partial charge in [0.2, 0.25) is 0 Å². The van der Waals surface area contributed by atoms with E-state index in [2.05, 4.69) is 9.97 Å². The molecule has 0 aliphatic carbocycles. The summed E-state index contributed by atoms with van der Waals surface area (Å²) >= 11 is 6.55. The van der Waals surface area contributed by atoms with E-state index in [9.17, 15) is 4.79 Å². The third kappa shape index (κ3) is 2.00. The first-order valence-electron chi connectivity index (χ1n) is 6.81. The van der Waals surface area contributed by atoms with Crippen molar-refractivity contribution < 1.29 is 4.42 Å². The van der Waals surface area contributed by atoms with Crippen LogP contribution in [0.2, 0.25) is 5.02 Å². The Bertz CT molecular complexity index is 1060. The summed E-state index contributed by atoms with van der Waals surface area (Å²) in [7, 11) is 0. The van der Waals surface area contributed by atoms with Gasteiger partial charge >= 0.3 is 5.76 Å². The lowest BCUT2D eigenvalue weighted by molar-refractivity contribution is 0.555. The largest absolute Gasteiger partial charge is 0.418 e. The minimum Gasteiger partial charge on any atom is -0.406 e. The van der Waals surface area contributed by atoms with E-state index in [-0.39, 0.29) is 0 Å². The number of aromatic nitrogens is 2. The second kappa shape index (κ2) is 4.71. The maximum absolute atomic E-state index is 11.3. The number of nitrogens with one attached hydrogen (secondary N) is 1. The Morgan fingerprint density at radius 3 is 2.68 bits per heavy atom. The van der Waals surface area contributed by atoms with Crippen molar-refractivity contribution in [3.63, 3.8) is 0 Å². The number of fused-ring (bicyclic) bond motifs is 2. The molecule has 0 spiro atoms. The Balaban J connectivity index is 2.01. The normalized spacial score (nSPS) is 11.4. The highest BCUT2D eigenvalue weighted by Gasteiger charge is 2.11. The summed E-state index contributed by atoms with van der Waals surface area (Å²) in [6.45, 7) is 2.04. The highest BCUT2D eigenvalue weighted by Crippen LogP contribution is 2.34. The number of benzene rings is 2. The molecule has 2 aromatic heterocycles. The van der Waals surface area contributed by atoms with Crippen molar-refractivity contribution in [2.75, 3.05) is 0 Å². The van der Waals surface area contributed by atoms with E-state index < -0.39 is 5.76 Å². The van der Waals surface area contributed by atoms with Gasteiger partial charge in [0.1, 0.15) is 0 Å². The van der Waals surface area contributed by atoms with Gasteiger partial charge in [-0.25, -0.2) is 9.78 Å². The number of pyridine rings is 1. The van der Waals surface area contributed by atoms with Crippen LogP contribution in [0.1, 0.15) is 5.56 Å². The monoisotopic (exact) mass is 310 g/mol. The molecular formula is C17H11ClN2O2. The van der Waals surface area contributed by atoms with Crippen LogP contribution in [-0.4, -0.2) is 9.97 Å². The van der Waals surface area contributed by atoms with Crippen LogP contribution in [0.3, 0.4) is 0 Å². The van der Waals surface area contributed by atoms with E-state index in [1.54, 1.807) is 6.07 Å². The molecule has 0 atom stereocenters. The van der Waals surface area contributed by atoms with Gasteiger partial charge in [-0.2, -0.15) is 0 Å². The fourth-order valence-corrected chi connectivity index (χ4v) is 2.86. The zero-order valence-corrected chi connectivity index (χ0v) is 12.4. The minimum atomic E-state index is -0.521. The lowest BCUT2D eigenvalue weighted by Gasteiger charge is -2.08. The molecule has 0 aliphatic heterocycles. The van der Waals surface area contributed by atoms with Gasteiger partial charge in [-0.15, -0.1) is 0 Å².